The molecule has 3 heteroatoms. The van der Waals surface area contributed by atoms with E-state index in [0.717, 1.165) is 6.42 Å². The zero-order valence-electron chi connectivity index (χ0n) is 11.9. The molecular formula is C16H21NO2. The maximum Gasteiger partial charge on any atom is 0.124 e. The van der Waals surface area contributed by atoms with Crippen LogP contribution in [0.2, 0.25) is 0 Å². The Kier molecular flexibility index (Phi) is 8.96. The van der Waals surface area contributed by atoms with E-state index < -0.39 is 0 Å². The highest BCUT2D eigenvalue weighted by molar-refractivity contribution is 5.46. The summed E-state index contributed by atoms with van der Waals surface area (Å²) in [7, 11) is 1.55. The van der Waals surface area contributed by atoms with Gasteiger partial charge in [0.15, 0.2) is 0 Å². The highest BCUT2D eigenvalue weighted by Crippen LogP contribution is 2.24. The number of nitriles is 1. The topological polar surface area (TPSA) is 53.2 Å². The van der Waals surface area contributed by atoms with Gasteiger partial charge in [-0.15, -0.1) is 12.3 Å². The summed E-state index contributed by atoms with van der Waals surface area (Å²) in [5.41, 5.74) is 1.90. The van der Waals surface area contributed by atoms with Gasteiger partial charge in [-0.25, -0.2) is 0 Å². The summed E-state index contributed by atoms with van der Waals surface area (Å²) in [6.07, 6.45) is 8.30. The maximum absolute atomic E-state index is 9.56. The van der Waals surface area contributed by atoms with Gasteiger partial charge in [0.2, 0.25) is 0 Å². The summed E-state index contributed by atoms with van der Waals surface area (Å²) in [6.45, 7) is 4.22. The van der Waals surface area contributed by atoms with Crippen molar-refractivity contribution in [3.8, 4) is 24.2 Å². The van der Waals surface area contributed by atoms with Crippen LogP contribution in [-0.2, 0) is 11.3 Å². The average Bonchev–Trinajstić information content (AvgIpc) is 2.42. The predicted octanol–water partition coefficient (Wildman–Crippen LogP) is 3.53. The van der Waals surface area contributed by atoms with Crippen LogP contribution in [0, 0.1) is 30.6 Å². The molecule has 0 atom stereocenters. The Morgan fingerprint density at radius 1 is 1.42 bits per heavy atom. The van der Waals surface area contributed by atoms with Crippen LogP contribution < -0.4 is 0 Å². The van der Waals surface area contributed by atoms with Crippen LogP contribution in [0.3, 0.4) is 0 Å². The number of hydrogen-bond donors (Lipinski definition) is 1. The number of ether oxygens (including phenoxy) is 1. The molecule has 0 heterocycles. The molecule has 0 aliphatic carbocycles. The largest absolute Gasteiger partial charge is 0.507 e. The van der Waals surface area contributed by atoms with E-state index in [1.807, 2.05) is 6.07 Å². The average molecular weight is 259 g/mol. The van der Waals surface area contributed by atoms with Crippen LogP contribution in [0.5, 0.6) is 5.75 Å². The van der Waals surface area contributed by atoms with Crippen molar-refractivity contribution in [2.24, 2.45) is 0 Å². The fourth-order valence-electron chi connectivity index (χ4n) is 1.46. The van der Waals surface area contributed by atoms with Crippen LogP contribution >= 0.6 is 0 Å². The van der Waals surface area contributed by atoms with E-state index in [4.69, 9.17) is 16.4 Å². The van der Waals surface area contributed by atoms with Gasteiger partial charge in [0.1, 0.15) is 5.75 Å². The first kappa shape index (κ1) is 17.0. The van der Waals surface area contributed by atoms with E-state index in [1.165, 1.54) is 12.8 Å². The Balaban J connectivity index is 0.000000459. The molecule has 3 nitrogen and oxygen atoms in total. The quantitative estimate of drug-likeness (QED) is 0.664. The summed E-state index contributed by atoms with van der Waals surface area (Å²) in [5, 5.41) is 18.2. The smallest absolute Gasteiger partial charge is 0.124 e. The second kappa shape index (κ2) is 10.00. The number of aryl methyl sites for hydroxylation is 1. The van der Waals surface area contributed by atoms with Gasteiger partial charge in [0.25, 0.3) is 0 Å². The zero-order valence-corrected chi connectivity index (χ0v) is 11.9. The highest BCUT2D eigenvalue weighted by Gasteiger charge is 2.06. The first-order chi connectivity index (χ1) is 9.10. The molecule has 1 N–H and O–H groups in total. The van der Waals surface area contributed by atoms with Crippen LogP contribution in [0.15, 0.2) is 12.1 Å². The van der Waals surface area contributed by atoms with E-state index in [0.29, 0.717) is 23.3 Å². The zero-order chi connectivity index (χ0) is 14.7. The molecule has 0 radical (unpaired) electrons. The number of terminal acetylenes is 1. The lowest BCUT2D eigenvalue weighted by molar-refractivity contribution is 0.182. The Bertz CT molecular complexity index is 467. The molecule has 1 aromatic carbocycles. The number of rotatable bonds is 4. The third kappa shape index (κ3) is 6.50. The van der Waals surface area contributed by atoms with Crippen molar-refractivity contribution >= 4 is 0 Å². The molecule has 0 fully saturated rings. The number of phenols is 1. The van der Waals surface area contributed by atoms with Gasteiger partial charge in [0, 0.05) is 19.1 Å². The van der Waals surface area contributed by atoms with E-state index >= 15 is 0 Å². The lowest BCUT2D eigenvalue weighted by Crippen LogP contribution is -1.92. The van der Waals surface area contributed by atoms with Crippen molar-refractivity contribution in [3.63, 3.8) is 0 Å². The van der Waals surface area contributed by atoms with Gasteiger partial charge in [-0.3, -0.25) is 0 Å². The first-order valence-electron chi connectivity index (χ1n) is 6.25. The van der Waals surface area contributed by atoms with Gasteiger partial charge in [-0.2, -0.15) is 5.26 Å². The number of aromatic hydroxyl groups is 1. The van der Waals surface area contributed by atoms with Crippen LogP contribution in [0.1, 0.15) is 42.9 Å². The molecule has 0 aliphatic heterocycles. The number of unbranched alkanes of at least 4 members (excludes halogenated alkanes) is 2. The molecule has 0 amide bonds. The van der Waals surface area contributed by atoms with Crippen molar-refractivity contribution in [2.75, 3.05) is 7.11 Å². The third-order valence-electron chi connectivity index (χ3n) is 2.48. The maximum atomic E-state index is 9.56. The second-order valence-corrected chi connectivity index (χ2v) is 4.15. The lowest BCUT2D eigenvalue weighted by Gasteiger charge is -2.06. The Morgan fingerprint density at radius 2 is 2.11 bits per heavy atom. The Hall–Kier alpha value is -1.97. The molecule has 0 saturated heterocycles. The fourth-order valence-corrected chi connectivity index (χ4v) is 1.46. The SMILES string of the molecule is C#CCCCC.COCc1cc(C#N)cc(C)c1O. The molecule has 0 spiro atoms. The fraction of sp³-hybridized carbons (Fsp3) is 0.438. The minimum atomic E-state index is 0.209. The van der Waals surface area contributed by atoms with Gasteiger partial charge >= 0.3 is 0 Å². The van der Waals surface area contributed by atoms with Gasteiger partial charge in [-0.1, -0.05) is 13.3 Å². The number of benzene rings is 1. The van der Waals surface area contributed by atoms with E-state index in [9.17, 15) is 5.11 Å². The van der Waals surface area contributed by atoms with E-state index in [-0.39, 0.29) is 5.75 Å². The summed E-state index contributed by atoms with van der Waals surface area (Å²) >= 11 is 0. The normalized spacial score (nSPS) is 8.89. The van der Waals surface area contributed by atoms with Crippen molar-refractivity contribution in [2.45, 2.75) is 39.7 Å². The number of hydrogen-bond acceptors (Lipinski definition) is 3. The van der Waals surface area contributed by atoms with Gasteiger partial charge in [0.05, 0.1) is 18.2 Å². The van der Waals surface area contributed by atoms with Crippen molar-refractivity contribution in [3.05, 3.63) is 28.8 Å². The number of nitrogens with zero attached hydrogens (tertiary/aromatic N) is 1. The standard InChI is InChI=1S/C10H11NO2.C6H10/c1-7-3-8(5-11)4-9(6-13-2)10(7)12;1-3-5-6-4-2/h3-4,12H,6H2,1-2H3;1H,4-6H2,2H3. The van der Waals surface area contributed by atoms with Crippen LogP contribution in [-0.4, -0.2) is 12.2 Å². The molecule has 1 aromatic rings. The minimum absolute atomic E-state index is 0.209. The lowest BCUT2D eigenvalue weighted by atomic mass is 10.1. The summed E-state index contributed by atoms with van der Waals surface area (Å²) < 4.78 is 4.89. The molecule has 0 aliphatic rings. The minimum Gasteiger partial charge on any atom is -0.507 e. The molecule has 1 rings (SSSR count). The second-order valence-electron chi connectivity index (χ2n) is 4.15. The van der Waals surface area contributed by atoms with Gasteiger partial charge < -0.3 is 9.84 Å². The molecule has 0 saturated carbocycles. The molecule has 19 heavy (non-hydrogen) atoms. The van der Waals surface area contributed by atoms with Gasteiger partial charge in [-0.05, 0) is 31.0 Å². The monoisotopic (exact) mass is 259 g/mol. The summed E-state index contributed by atoms with van der Waals surface area (Å²) in [5.74, 6) is 2.78. The van der Waals surface area contributed by atoms with Crippen molar-refractivity contribution in [1.82, 2.24) is 0 Å². The molecule has 102 valence electrons. The Morgan fingerprint density at radius 3 is 2.53 bits per heavy atom. The molecular weight excluding hydrogens is 238 g/mol. The molecule has 0 bridgehead atoms. The molecule has 0 unspecified atom stereocenters. The van der Waals surface area contributed by atoms with E-state index in [1.54, 1.807) is 26.2 Å². The van der Waals surface area contributed by atoms with Crippen molar-refractivity contribution < 1.29 is 9.84 Å². The predicted molar refractivity (Wildman–Crippen MR) is 76.6 cm³/mol. The van der Waals surface area contributed by atoms with Crippen LogP contribution in [0.4, 0.5) is 0 Å². The summed E-state index contributed by atoms with van der Waals surface area (Å²) in [4.78, 5) is 0. The van der Waals surface area contributed by atoms with E-state index in [2.05, 4.69) is 12.8 Å². The number of phenolic OH excluding ortho intramolecular Hbond substituents is 1. The first-order valence-corrected chi connectivity index (χ1v) is 6.25. The molecule has 0 aromatic heterocycles. The van der Waals surface area contributed by atoms with Crippen molar-refractivity contribution in [1.29, 1.82) is 5.26 Å². The third-order valence-corrected chi connectivity index (χ3v) is 2.48. The number of methoxy groups -OCH3 is 1. The summed E-state index contributed by atoms with van der Waals surface area (Å²) in [6, 6.07) is 5.31. The highest BCUT2D eigenvalue weighted by atomic mass is 16.5. The Labute approximate surface area is 115 Å². The van der Waals surface area contributed by atoms with Crippen LogP contribution in [0.25, 0.3) is 0 Å².